The van der Waals surface area contributed by atoms with Crippen molar-refractivity contribution < 1.29 is 4.79 Å². The third kappa shape index (κ3) is 2.99. The first-order chi connectivity index (χ1) is 10.9. The standard InChI is InChI=1S/C19H14N2O/c22-14-17-12-7-13-20-19(17)21-18(15-8-3-1-4-9-15)16-10-5-2-6-11-16/h1-14H. The second-order valence-electron chi connectivity index (χ2n) is 4.73. The fourth-order valence-corrected chi connectivity index (χ4v) is 2.19. The highest BCUT2D eigenvalue weighted by Gasteiger charge is 2.09. The monoisotopic (exact) mass is 286 g/mol. The van der Waals surface area contributed by atoms with Crippen LogP contribution in [0.3, 0.4) is 0 Å². The Balaban J connectivity index is 2.18. The molecule has 0 saturated carbocycles. The van der Waals surface area contributed by atoms with Crippen molar-refractivity contribution in [2.75, 3.05) is 0 Å². The number of hydrogen-bond donors (Lipinski definition) is 0. The highest BCUT2D eigenvalue weighted by atomic mass is 16.1. The van der Waals surface area contributed by atoms with Crippen LogP contribution >= 0.6 is 0 Å². The van der Waals surface area contributed by atoms with Crippen LogP contribution in [-0.4, -0.2) is 17.0 Å². The van der Waals surface area contributed by atoms with Crippen LogP contribution in [0.25, 0.3) is 0 Å². The lowest BCUT2D eigenvalue weighted by Gasteiger charge is -2.08. The number of nitrogens with zero attached hydrogens (tertiary/aromatic N) is 2. The molecule has 3 heteroatoms. The van der Waals surface area contributed by atoms with E-state index in [2.05, 4.69) is 9.98 Å². The molecule has 106 valence electrons. The average molecular weight is 286 g/mol. The zero-order valence-electron chi connectivity index (χ0n) is 11.9. The molecule has 3 rings (SSSR count). The average Bonchev–Trinajstić information content (AvgIpc) is 2.61. The molecule has 0 aliphatic rings. The Morgan fingerprint density at radius 1 is 0.818 bits per heavy atom. The van der Waals surface area contributed by atoms with Gasteiger partial charge in [-0.3, -0.25) is 4.79 Å². The Hall–Kier alpha value is -3.07. The lowest BCUT2D eigenvalue weighted by molar-refractivity contribution is 0.112. The van der Waals surface area contributed by atoms with Crippen molar-refractivity contribution in [3.05, 3.63) is 95.7 Å². The van der Waals surface area contributed by atoms with E-state index in [0.29, 0.717) is 11.4 Å². The van der Waals surface area contributed by atoms with Crippen LogP contribution in [0.2, 0.25) is 0 Å². The van der Waals surface area contributed by atoms with Gasteiger partial charge in [-0.2, -0.15) is 0 Å². The molecule has 1 aromatic heterocycles. The van der Waals surface area contributed by atoms with Gasteiger partial charge in [0.2, 0.25) is 0 Å². The maximum Gasteiger partial charge on any atom is 0.163 e. The first-order valence-corrected chi connectivity index (χ1v) is 6.98. The quantitative estimate of drug-likeness (QED) is 0.536. The van der Waals surface area contributed by atoms with Gasteiger partial charge < -0.3 is 0 Å². The molecular formula is C19H14N2O. The molecule has 0 N–H and O–H groups in total. The third-order valence-electron chi connectivity index (χ3n) is 3.26. The predicted molar refractivity (Wildman–Crippen MR) is 87.8 cm³/mol. The highest BCUT2D eigenvalue weighted by Crippen LogP contribution is 2.18. The summed E-state index contributed by atoms with van der Waals surface area (Å²) in [4.78, 5) is 20.0. The van der Waals surface area contributed by atoms with Gasteiger partial charge in [0, 0.05) is 17.3 Å². The number of hydrogen-bond acceptors (Lipinski definition) is 3. The van der Waals surface area contributed by atoms with Gasteiger partial charge in [-0.15, -0.1) is 0 Å². The van der Waals surface area contributed by atoms with E-state index in [0.717, 1.165) is 23.1 Å². The normalized spacial score (nSPS) is 10.0. The van der Waals surface area contributed by atoms with E-state index < -0.39 is 0 Å². The number of carbonyl (C=O) groups is 1. The summed E-state index contributed by atoms with van der Waals surface area (Å²) in [5.74, 6) is 0.431. The van der Waals surface area contributed by atoms with Crippen LogP contribution in [-0.2, 0) is 0 Å². The summed E-state index contributed by atoms with van der Waals surface area (Å²) in [6, 6.07) is 23.2. The molecule has 0 spiro atoms. The molecule has 0 amide bonds. The van der Waals surface area contributed by atoms with Crippen LogP contribution in [0.4, 0.5) is 5.82 Å². The van der Waals surface area contributed by atoms with Crippen LogP contribution in [0.5, 0.6) is 0 Å². The molecule has 0 aliphatic heterocycles. The third-order valence-corrected chi connectivity index (χ3v) is 3.26. The van der Waals surface area contributed by atoms with E-state index in [4.69, 9.17) is 0 Å². The van der Waals surface area contributed by atoms with E-state index in [-0.39, 0.29) is 0 Å². The Kier molecular flexibility index (Phi) is 4.16. The molecule has 0 bridgehead atoms. The Bertz CT molecular complexity index is 754. The van der Waals surface area contributed by atoms with Crippen LogP contribution < -0.4 is 0 Å². The molecule has 0 radical (unpaired) electrons. The first-order valence-electron chi connectivity index (χ1n) is 6.98. The fraction of sp³-hybridized carbons (Fsp3) is 0. The summed E-state index contributed by atoms with van der Waals surface area (Å²) in [7, 11) is 0. The van der Waals surface area contributed by atoms with Gasteiger partial charge in [0.15, 0.2) is 12.1 Å². The van der Waals surface area contributed by atoms with E-state index in [1.165, 1.54) is 0 Å². The fourth-order valence-electron chi connectivity index (χ4n) is 2.19. The van der Waals surface area contributed by atoms with Crippen LogP contribution in [0.15, 0.2) is 84.0 Å². The zero-order valence-corrected chi connectivity index (χ0v) is 11.9. The molecule has 22 heavy (non-hydrogen) atoms. The number of carbonyl (C=O) groups excluding carboxylic acids is 1. The van der Waals surface area contributed by atoms with Crippen molar-refractivity contribution in [1.82, 2.24) is 4.98 Å². The SMILES string of the molecule is O=Cc1cccnc1N=C(c1ccccc1)c1ccccc1. The molecule has 3 nitrogen and oxygen atoms in total. The Morgan fingerprint density at radius 2 is 1.41 bits per heavy atom. The molecule has 1 heterocycles. The second-order valence-corrected chi connectivity index (χ2v) is 4.73. The predicted octanol–water partition coefficient (Wildman–Crippen LogP) is 4.06. The minimum absolute atomic E-state index is 0.431. The van der Waals surface area contributed by atoms with Gasteiger partial charge in [-0.1, -0.05) is 60.7 Å². The van der Waals surface area contributed by atoms with Crippen molar-refractivity contribution in [3.63, 3.8) is 0 Å². The van der Waals surface area contributed by atoms with E-state index in [1.807, 2.05) is 60.7 Å². The van der Waals surface area contributed by atoms with Crippen LogP contribution in [0.1, 0.15) is 21.5 Å². The summed E-state index contributed by atoms with van der Waals surface area (Å²) in [5.41, 5.74) is 3.24. The lowest BCUT2D eigenvalue weighted by Crippen LogP contribution is -2.03. The van der Waals surface area contributed by atoms with Crippen molar-refractivity contribution in [2.45, 2.75) is 0 Å². The maximum atomic E-state index is 11.2. The molecule has 0 saturated heterocycles. The molecule has 0 unspecified atom stereocenters. The van der Waals surface area contributed by atoms with E-state index in [9.17, 15) is 4.79 Å². The molecular weight excluding hydrogens is 272 g/mol. The second kappa shape index (κ2) is 6.59. The Morgan fingerprint density at radius 3 is 1.95 bits per heavy atom. The highest BCUT2D eigenvalue weighted by molar-refractivity contribution is 6.14. The molecule has 2 aromatic carbocycles. The maximum absolute atomic E-state index is 11.2. The number of pyridine rings is 1. The van der Waals surface area contributed by atoms with Crippen molar-refractivity contribution in [2.24, 2.45) is 4.99 Å². The van der Waals surface area contributed by atoms with Gasteiger partial charge in [-0.05, 0) is 12.1 Å². The van der Waals surface area contributed by atoms with Gasteiger partial charge in [0.25, 0.3) is 0 Å². The molecule has 0 fully saturated rings. The first kappa shape index (κ1) is 13.9. The summed E-state index contributed by atoms with van der Waals surface area (Å²) in [6.07, 6.45) is 2.42. The smallest absolute Gasteiger partial charge is 0.163 e. The lowest BCUT2D eigenvalue weighted by atomic mass is 10.0. The minimum atomic E-state index is 0.431. The number of aromatic nitrogens is 1. The number of benzene rings is 2. The largest absolute Gasteiger partial charge is 0.298 e. The van der Waals surface area contributed by atoms with E-state index in [1.54, 1.807) is 18.3 Å². The van der Waals surface area contributed by atoms with Gasteiger partial charge in [0.1, 0.15) is 0 Å². The Labute approximate surface area is 129 Å². The summed E-state index contributed by atoms with van der Waals surface area (Å²) in [6.45, 7) is 0. The van der Waals surface area contributed by atoms with E-state index >= 15 is 0 Å². The molecule has 0 atom stereocenters. The van der Waals surface area contributed by atoms with Gasteiger partial charge in [-0.25, -0.2) is 9.98 Å². The zero-order chi connectivity index (χ0) is 15.2. The number of aldehydes is 1. The summed E-state index contributed by atoms with van der Waals surface area (Å²) < 4.78 is 0. The van der Waals surface area contributed by atoms with Crippen molar-refractivity contribution >= 4 is 17.8 Å². The number of rotatable bonds is 4. The van der Waals surface area contributed by atoms with Crippen LogP contribution in [0, 0.1) is 0 Å². The summed E-state index contributed by atoms with van der Waals surface area (Å²) >= 11 is 0. The topological polar surface area (TPSA) is 42.3 Å². The number of aliphatic imine (C=N–C) groups is 1. The molecule has 3 aromatic rings. The van der Waals surface area contributed by atoms with Crippen molar-refractivity contribution in [3.8, 4) is 0 Å². The van der Waals surface area contributed by atoms with Crippen molar-refractivity contribution in [1.29, 1.82) is 0 Å². The summed E-state index contributed by atoms with van der Waals surface area (Å²) in [5, 5.41) is 0. The van der Waals surface area contributed by atoms with Gasteiger partial charge in [0.05, 0.1) is 11.3 Å². The molecule has 0 aliphatic carbocycles. The minimum Gasteiger partial charge on any atom is -0.298 e. The van der Waals surface area contributed by atoms with Gasteiger partial charge >= 0.3 is 0 Å².